The molecule has 1 aromatic heterocycles. The summed E-state index contributed by atoms with van der Waals surface area (Å²) in [4.78, 5) is 0. The van der Waals surface area contributed by atoms with E-state index in [0.29, 0.717) is 0 Å². The third-order valence-corrected chi connectivity index (χ3v) is 4.13. The van der Waals surface area contributed by atoms with E-state index in [2.05, 4.69) is 37.9 Å². The zero-order chi connectivity index (χ0) is 10.6. The van der Waals surface area contributed by atoms with Crippen molar-refractivity contribution in [2.75, 3.05) is 11.0 Å². The number of benzene rings is 1. The van der Waals surface area contributed by atoms with Crippen LogP contribution in [0.2, 0.25) is 0 Å². The van der Waals surface area contributed by atoms with Crippen LogP contribution in [0, 0.1) is 13.8 Å². The van der Waals surface area contributed by atoms with Crippen LogP contribution in [0.25, 0.3) is 11.0 Å². The quantitative estimate of drug-likeness (QED) is 0.767. The Labute approximate surface area is 94.3 Å². The number of hydrogen-bond donors (Lipinski definition) is 1. The van der Waals surface area contributed by atoms with E-state index in [1.807, 2.05) is 0 Å². The van der Waals surface area contributed by atoms with Crippen LogP contribution in [-0.2, 0) is 10.9 Å². The molecule has 3 rings (SSSR count). The molecule has 15 heavy (non-hydrogen) atoms. The summed E-state index contributed by atoms with van der Waals surface area (Å²) in [6.45, 7) is 4.14. The highest BCUT2D eigenvalue weighted by atomic mass is 32.2. The maximum Gasteiger partial charge on any atom is 0.110 e. The highest BCUT2D eigenvalue weighted by Crippen LogP contribution is 2.42. The van der Waals surface area contributed by atoms with Gasteiger partial charge in [-0.25, -0.2) is 4.36 Å². The summed E-state index contributed by atoms with van der Waals surface area (Å²) in [6.07, 6.45) is 2.08. The van der Waals surface area contributed by atoms with Crippen LogP contribution in [0.15, 0.2) is 4.36 Å². The van der Waals surface area contributed by atoms with Crippen LogP contribution in [0.5, 0.6) is 0 Å². The van der Waals surface area contributed by atoms with Crippen molar-refractivity contribution in [1.29, 1.82) is 0 Å². The second-order valence-electron chi connectivity index (χ2n) is 3.61. The predicted octanol–water partition coefficient (Wildman–Crippen LogP) is 2.71. The minimum atomic E-state index is -0.0994. The molecule has 1 aliphatic rings. The lowest BCUT2D eigenvalue weighted by Crippen LogP contribution is -1.97. The first-order valence-electron chi connectivity index (χ1n) is 4.58. The molecular weight excluding hydrogens is 228 g/mol. The zero-order valence-electron chi connectivity index (χ0n) is 8.66. The largest absolute Gasteiger partial charge is 0.319 e. The number of anilines is 1. The predicted molar refractivity (Wildman–Crippen MR) is 65.9 cm³/mol. The lowest BCUT2D eigenvalue weighted by molar-refractivity contribution is 1.40. The van der Waals surface area contributed by atoms with Gasteiger partial charge in [0, 0.05) is 17.4 Å². The molecule has 0 saturated heterocycles. The van der Waals surface area contributed by atoms with Gasteiger partial charge in [0.1, 0.15) is 16.7 Å². The average molecular weight is 238 g/mol. The van der Waals surface area contributed by atoms with E-state index in [-0.39, 0.29) is 10.9 Å². The summed E-state index contributed by atoms with van der Waals surface area (Å²) in [5, 5.41) is 0. The van der Waals surface area contributed by atoms with Crippen molar-refractivity contribution >= 4 is 45.0 Å². The molecule has 6 heteroatoms. The van der Waals surface area contributed by atoms with Crippen LogP contribution in [0.1, 0.15) is 11.1 Å². The van der Waals surface area contributed by atoms with Gasteiger partial charge in [0.25, 0.3) is 0 Å². The molecular formula is C9H10N4S2. The first-order chi connectivity index (χ1) is 7.18. The Bertz CT molecular complexity index is 600. The molecule has 0 saturated carbocycles. The summed E-state index contributed by atoms with van der Waals surface area (Å²) >= 11 is 1.27. The third-order valence-electron chi connectivity index (χ3n) is 2.64. The lowest BCUT2D eigenvalue weighted by atomic mass is 10.1. The second-order valence-corrected chi connectivity index (χ2v) is 5.48. The molecule has 1 aliphatic heterocycles. The van der Waals surface area contributed by atoms with E-state index in [1.165, 1.54) is 17.3 Å². The Balaban J connectivity index is 2.49. The Kier molecular flexibility index (Phi) is 1.84. The van der Waals surface area contributed by atoms with E-state index in [9.17, 15) is 0 Å². The van der Waals surface area contributed by atoms with Gasteiger partial charge in [0.05, 0.1) is 17.4 Å². The van der Waals surface area contributed by atoms with Crippen LogP contribution >= 0.6 is 11.7 Å². The number of nitrogens with zero attached hydrogens (tertiary/aromatic N) is 3. The Hall–Kier alpha value is -1.01. The number of aromatic nitrogens is 2. The minimum absolute atomic E-state index is 0.0994. The van der Waals surface area contributed by atoms with E-state index >= 15 is 0 Å². The molecule has 1 atom stereocenters. The summed E-state index contributed by atoms with van der Waals surface area (Å²) in [7, 11) is -0.0994. The van der Waals surface area contributed by atoms with Crippen molar-refractivity contribution in [1.82, 2.24) is 8.75 Å². The molecule has 2 aromatic rings. The Morgan fingerprint density at radius 3 is 2.53 bits per heavy atom. The van der Waals surface area contributed by atoms with Gasteiger partial charge in [-0.1, -0.05) is 0 Å². The maximum atomic E-state index is 4.60. The summed E-state index contributed by atoms with van der Waals surface area (Å²) in [5.74, 6) is 0. The maximum absolute atomic E-state index is 4.60. The van der Waals surface area contributed by atoms with Gasteiger partial charge in [0.15, 0.2) is 0 Å². The summed E-state index contributed by atoms with van der Waals surface area (Å²) < 4.78 is 16.6. The molecule has 1 N–H and O–H groups in total. The zero-order valence-corrected chi connectivity index (χ0v) is 10.3. The van der Waals surface area contributed by atoms with E-state index in [1.54, 1.807) is 0 Å². The third kappa shape index (κ3) is 1.15. The molecule has 1 unspecified atom stereocenters. The van der Waals surface area contributed by atoms with Crippen LogP contribution in [0.3, 0.4) is 0 Å². The van der Waals surface area contributed by atoms with Crippen molar-refractivity contribution in [3.05, 3.63) is 11.1 Å². The molecule has 0 spiro atoms. The molecule has 1 aromatic carbocycles. The van der Waals surface area contributed by atoms with Crippen LogP contribution in [0.4, 0.5) is 11.4 Å². The summed E-state index contributed by atoms with van der Waals surface area (Å²) in [5.41, 5.74) is 6.53. The standard InChI is InChI=1S/C9H10N4S2/c1-4-6-7(11-14-10-6)5(2)9-8(4)12-15(3)13-9/h1-3H3,(H,12,13). The highest BCUT2D eigenvalue weighted by molar-refractivity contribution is 7.88. The van der Waals surface area contributed by atoms with Gasteiger partial charge < -0.3 is 4.72 Å². The molecule has 4 nitrogen and oxygen atoms in total. The van der Waals surface area contributed by atoms with Crippen molar-refractivity contribution in [3.8, 4) is 0 Å². The molecule has 0 aliphatic carbocycles. The van der Waals surface area contributed by atoms with Crippen LogP contribution < -0.4 is 4.72 Å². The minimum Gasteiger partial charge on any atom is -0.319 e. The monoisotopic (exact) mass is 238 g/mol. The second kappa shape index (κ2) is 2.99. The molecule has 0 radical (unpaired) electrons. The van der Waals surface area contributed by atoms with Gasteiger partial charge in [0.2, 0.25) is 0 Å². The topological polar surface area (TPSA) is 50.2 Å². The number of nitrogens with one attached hydrogen (secondary N) is 1. The summed E-state index contributed by atoms with van der Waals surface area (Å²) in [6, 6.07) is 0. The SMILES string of the molecule is Cc1c2c(c(C)c3nsnc13)NS(C)=N2. The molecule has 0 fully saturated rings. The highest BCUT2D eigenvalue weighted by Gasteiger charge is 2.21. The van der Waals surface area contributed by atoms with E-state index in [0.717, 1.165) is 28.0 Å². The van der Waals surface area contributed by atoms with Crippen molar-refractivity contribution < 1.29 is 0 Å². The fourth-order valence-corrected chi connectivity index (χ4v) is 3.57. The van der Waals surface area contributed by atoms with Gasteiger partial charge in [-0.05, 0) is 24.7 Å². The van der Waals surface area contributed by atoms with Crippen molar-refractivity contribution in [2.45, 2.75) is 13.8 Å². The molecule has 0 amide bonds. The van der Waals surface area contributed by atoms with Crippen molar-refractivity contribution in [2.24, 2.45) is 4.36 Å². The van der Waals surface area contributed by atoms with Gasteiger partial charge in [-0.15, -0.1) is 0 Å². The van der Waals surface area contributed by atoms with Gasteiger partial charge >= 0.3 is 0 Å². The first-order valence-corrected chi connectivity index (χ1v) is 6.90. The number of hydrogen-bond acceptors (Lipinski definition) is 5. The molecule has 2 heterocycles. The van der Waals surface area contributed by atoms with E-state index in [4.69, 9.17) is 0 Å². The van der Waals surface area contributed by atoms with Gasteiger partial charge in [-0.3, -0.25) is 0 Å². The lowest BCUT2D eigenvalue weighted by Gasteiger charge is -2.06. The molecule has 78 valence electrons. The normalized spacial score (nSPS) is 18.7. The number of rotatable bonds is 0. The average Bonchev–Trinajstić information content (AvgIpc) is 2.79. The fraction of sp³-hybridized carbons (Fsp3) is 0.333. The van der Waals surface area contributed by atoms with Crippen LogP contribution in [-0.4, -0.2) is 15.0 Å². The number of fused-ring (bicyclic) bond motifs is 2. The number of aryl methyl sites for hydroxylation is 2. The Morgan fingerprint density at radius 1 is 1.13 bits per heavy atom. The Morgan fingerprint density at radius 2 is 1.80 bits per heavy atom. The van der Waals surface area contributed by atoms with Gasteiger partial charge in [-0.2, -0.15) is 8.75 Å². The van der Waals surface area contributed by atoms with E-state index < -0.39 is 0 Å². The van der Waals surface area contributed by atoms with Crippen molar-refractivity contribution in [3.63, 3.8) is 0 Å². The fourth-order valence-electron chi connectivity index (χ4n) is 1.82. The first kappa shape index (κ1) is 9.23. The molecule has 0 bridgehead atoms. The smallest absolute Gasteiger partial charge is 0.110 e.